The second-order valence-electron chi connectivity index (χ2n) is 30.3. The van der Waals surface area contributed by atoms with E-state index in [0.29, 0.717) is 52.7 Å². The zero-order valence-electron chi connectivity index (χ0n) is 67.3. The SMILES string of the molecule is C/C=c1\ccc2c(c1)[Si](C(C)C)(C(C)C)c1cc(CC)ccc1C=2c1ccccc1C.COC=O.COC=O.COC=O.Cc1ccccc1C1=C2C=CC(=[N+](C)C)C=C2[Si](C(C)C)(C(C)C)c2cc(N(C)C)ccc21.Cc1ccccc1C1=C2C=CC(=[NH2+])C=C2[Si](C(C)C)(C(C)C)c2cc(N)ccc21. The molecule has 3 heterocycles. The lowest BCUT2D eigenvalue weighted by Crippen LogP contribution is -2.70. The van der Waals surface area contributed by atoms with Gasteiger partial charge in [0.1, 0.15) is 38.3 Å². The van der Waals surface area contributed by atoms with Gasteiger partial charge in [0, 0.05) is 49.8 Å². The molecule has 3 aliphatic heterocycles. The first kappa shape index (κ1) is 83.0. The Bertz CT molecular complexity index is 4680. The van der Waals surface area contributed by atoms with Gasteiger partial charge in [-0.05, 0) is 229 Å². The van der Waals surface area contributed by atoms with E-state index in [2.05, 4.69) is 358 Å². The predicted octanol–water partition coefficient (Wildman–Crippen LogP) is 14.9. The van der Waals surface area contributed by atoms with Crippen molar-refractivity contribution in [2.45, 2.75) is 157 Å². The minimum absolute atomic E-state index is 0.375. The number of fused-ring (bicyclic) bond motifs is 6. The van der Waals surface area contributed by atoms with Gasteiger partial charge in [-0.25, -0.2) is 4.58 Å². The molecule has 5 aliphatic rings. The van der Waals surface area contributed by atoms with Crippen LogP contribution >= 0.6 is 0 Å². The largest absolute Gasteiger partial charge is 0.471 e. The molecule has 0 bridgehead atoms. The molecular weight excluding hydrogens is 1340 g/mol. The molecule has 552 valence electrons. The van der Waals surface area contributed by atoms with Gasteiger partial charge >= 0.3 is 0 Å². The highest BCUT2D eigenvalue weighted by Gasteiger charge is 2.54. The lowest BCUT2D eigenvalue weighted by Gasteiger charge is -2.48. The fourth-order valence-corrected chi connectivity index (χ4v) is 36.4. The minimum atomic E-state index is -2.11. The number of methoxy groups -OCH3 is 3. The summed E-state index contributed by atoms with van der Waals surface area (Å²) in [5.41, 5.74) is 34.8. The van der Waals surface area contributed by atoms with Crippen LogP contribution in [0.2, 0.25) is 33.2 Å². The van der Waals surface area contributed by atoms with E-state index < -0.39 is 24.2 Å². The number of ether oxygens (including phenoxy) is 3. The van der Waals surface area contributed by atoms with Crippen LogP contribution in [0.25, 0.3) is 22.8 Å². The standard InChI is InChI=1S/C30H39N2Si.C30H36Si.C26H30N2Si.3C2H4O2/c1-20(2)33(21(3)4)28-18-23(31(6)7)14-16-26(28)30(25-13-11-10-12-22(25)5)27-17-15-24(32(8)9)19-29(27)33;1-8-23-14-16-26-28(18-23)31(20(3)4,21(5)6)29-19-24(9-2)15-17-27(29)30(26)25-13-11-10-12-22(25)7;1-16(2)29(17(3)4)24-14-19(27)10-12-22(24)26(21-9-7-6-8-18(21)5)23-13-11-20(28)15-25(23)29;3*1-4-2-3/h10-21H,1-9H3;8,10-21H,9H2,1-7H3;6-17,27H,28H2,1-5H3;3*2H,1H3/q+1;;;;;/p+1/b;23-8+;;;;. The van der Waals surface area contributed by atoms with E-state index in [-0.39, 0.29) is 0 Å². The van der Waals surface area contributed by atoms with Gasteiger partial charge in [0.15, 0.2) is 11.4 Å². The maximum atomic E-state index is 8.95. The van der Waals surface area contributed by atoms with Crippen LogP contribution in [-0.2, 0) is 35.0 Å². The Kier molecular flexibility index (Phi) is 28.6. The van der Waals surface area contributed by atoms with Crippen molar-refractivity contribution in [2.24, 2.45) is 0 Å². The monoisotopic (exact) mass is 1460 g/mol. The summed E-state index contributed by atoms with van der Waals surface area (Å²) in [6.07, 6.45) is 17.1. The van der Waals surface area contributed by atoms with Crippen molar-refractivity contribution in [1.29, 1.82) is 0 Å². The quantitative estimate of drug-likeness (QED) is 0.0361. The van der Waals surface area contributed by atoms with Gasteiger partial charge in [-0.15, -0.1) is 0 Å². The maximum absolute atomic E-state index is 8.95. The molecule has 7 aromatic rings. The summed E-state index contributed by atoms with van der Waals surface area (Å²) in [6, 6.07) is 54.9. The summed E-state index contributed by atoms with van der Waals surface area (Å²) >= 11 is 0. The van der Waals surface area contributed by atoms with E-state index in [9.17, 15) is 0 Å². The first-order chi connectivity index (χ1) is 50.0. The summed E-state index contributed by atoms with van der Waals surface area (Å²) in [4.78, 5) is 29.1. The second kappa shape index (κ2) is 36.1. The molecule has 13 heteroatoms. The van der Waals surface area contributed by atoms with Crippen molar-refractivity contribution in [2.75, 3.05) is 60.2 Å². The van der Waals surface area contributed by atoms with E-state index in [1.807, 2.05) is 0 Å². The van der Waals surface area contributed by atoms with Crippen LogP contribution in [-0.4, -0.2) is 109 Å². The third-order valence-corrected chi connectivity index (χ3v) is 41.0. The van der Waals surface area contributed by atoms with Gasteiger partial charge in [-0.1, -0.05) is 217 Å². The molecule has 0 amide bonds. The number of carbonyl (C=O) groups excluding carboxylic acids is 3. The van der Waals surface area contributed by atoms with Crippen LogP contribution in [0, 0.1) is 20.8 Å². The highest BCUT2D eigenvalue weighted by atomic mass is 28.3. The van der Waals surface area contributed by atoms with Gasteiger partial charge in [0.25, 0.3) is 19.4 Å². The van der Waals surface area contributed by atoms with Crippen molar-refractivity contribution < 1.29 is 38.6 Å². The zero-order chi connectivity index (χ0) is 77.6. The number of nitrogens with two attached hydrogens (primary N) is 2. The van der Waals surface area contributed by atoms with Crippen molar-refractivity contribution in [3.05, 3.63) is 270 Å². The molecule has 0 saturated heterocycles. The van der Waals surface area contributed by atoms with Crippen molar-refractivity contribution in [3.8, 4) is 0 Å². The van der Waals surface area contributed by atoms with Crippen LogP contribution in [0.4, 0.5) is 11.4 Å². The number of hydrogen-bond acceptors (Lipinski definition) is 8. The number of aryl methyl sites for hydroxylation is 4. The summed E-state index contributed by atoms with van der Waals surface area (Å²) in [5.74, 6) is 0. The fraction of sp³-hybridized carbons (Fsp3) is 0.337. The normalized spacial score (nSPS) is 15.2. The van der Waals surface area contributed by atoms with E-state index >= 15 is 0 Å². The summed E-state index contributed by atoms with van der Waals surface area (Å²) < 4.78 is 13.8. The second-order valence-corrected chi connectivity index (χ2v) is 45.7. The number of hydrogen-bond donors (Lipinski definition) is 2. The number of allylic oxidation sites excluding steroid dienone is 10. The Morgan fingerprint density at radius 2 is 0.867 bits per heavy atom. The average Bonchev–Trinajstić information content (AvgIpc) is 0.715. The predicted molar refractivity (Wildman–Crippen MR) is 455 cm³/mol. The van der Waals surface area contributed by atoms with Crippen LogP contribution in [0.3, 0.4) is 0 Å². The first-order valence-corrected chi connectivity index (χ1v) is 43.7. The number of rotatable bonds is 14. The van der Waals surface area contributed by atoms with Crippen molar-refractivity contribution >= 4 is 110 Å². The van der Waals surface area contributed by atoms with E-state index in [4.69, 9.17) is 25.5 Å². The number of nitrogen functional groups attached to an aromatic ring is 1. The smallest absolute Gasteiger partial charge is 0.292 e. The van der Waals surface area contributed by atoms with Gasteiger partial charge in [0.2, 0.25) is 0 Å². The molecule has 10 nitrogen and oxygen atoms in total. The van der Waals surface area contributed by atoms with Crippen LogP contribution in [0.5, 0.6) is 0 Å². The Hall–Kier alpha value is -9.28. The number of benzene rings is 7. The average molecular weight is 1460 g/mol. The Morgan fingerprint density at radius 3 is 1.29 bits per heavy atom. The van der Waals surface area contributed by atoms with Gasteiger partial charge in [-0.2, -0.15) is 0 Å². The zero-order valence-corrected chi connectivity index (χ0v) is 70.3. The highest BCUT2D eigenvalue weighted by molar-refractivity contribution is 7.05. The summed E-state index contributed by atoms with van der Waals surface area (Å²) in [5, 5.41) is 18.6. The summed E-state index contributed by atoms with van der Waals surface area (Å²) in [6.45, 7) is 41.5. The molecule has 0 fully saturated rings. The van der Waals surface area contributed by atoms with Gasteiger partial charge < -0.3 is 24.8 Å². The van der Waals surface area contributed by atoms with Crippen LogP contribution < -0.4 is 47.2 Å². The molecule has 0 radical (unpaired) electrons. The fourth-order valence-electron chi connectivity index (χ4n) is 17.7. The summed E-state index contributed by atoms with van der Waals surface area (Å²) in [7, 11) is 6.34. The molecule has 7 aromatic carbocycles. The third-order valence-electron chi connectivity index (χ3n) is 22.3. The van der Waals surface area contributed by atoms with Crippen molar-refractivity contribution in [1.82, 2.24) is 0 Å². The number of nitrogens with zero attached hydrogens (tertiary/aromatic N) is 2. The van der Waals surface area contributed by atoms with Crippen molar-refractivity contribution in [3.63, 3.8) is 0 Å². The molecule has 0 unspecified atom stereocenters. The Balaban J connectivity index is 0.000000204. The topological polar surface area (TPSA) is 137 Å². The maximum Gasteiger partial charge on any atom is 0.292 e. The molecular formula is C92H118N4O6Si3+2. The lowest BCUT2D eigenvalue weighted by atomic mass is 9.87. The molecule has 0 saturated carbocycles. The molecule has 4 N–H and O–H groups in total. The lowest BCUT2D eigenvalue weighted by molar-refractivity contribution is -0.462. The van der Waals surface area contributed by atoms with Gasteiger partial charge in [-0.3, -0.25) is 19.8 Å². The van der Waals surface area contributed by atoms with E-state index in [1.54, 1.807) is 20.8 Å². The van der Waals surface area contributed by atoms with Gasteiger partial charge in [0.05, 0.1) is 21.3 Å². The van der Waals surface area contributed by atoms with E-state index in [0.717, 1.165) is 17.8 Å². The number of anilines is 2. The van der Waals surface area contributed by atoms with Crippen LogP contribution in [0.15, 0.2) is 204 Å². The first-order valence-electron chi connectivity index (χ1n) is 37.2. The molecule has 105 heavy (non-hydrogen) atoms. The minimum Gasteiger partial charge on any atom is -0.471 e. The van der Waals surface area contributed by atoms with E-state index in [1.165, 1.54) is 137 Å². The molecule has 12 rings (SSSR count). The molecule has 0 atom stereocenters. The third kappa shape index (κ3) is 16.1. The Labute approximate surface area is 631 Å². The molecule has 0 aromatic heterocycles. The number of carbonyl (C=O) groups is 3. The molecule has 0 spiro atoms. The highest BCUT2D eigenvalue weighted by Crippen LogP contribution is 2.52. The van der Waals surface area contributed by atoms with Crippen LogP contribution in [0.1, 0.15) is 153 Å². The Morgan fingerprint density at radius 1 is 0.467 bits per heavy atom. The molecule has 2 aliphatic carbocycles.